The molecule has 0 aliphatic heterocycles. The molecule has 2 aromatic rings. The number of hydrogen-bond donors (Lipinski definition) is 1. The third-order valence-electron chi connectivity index (χ3n) is 4.48. The molecule has 6 nitrogen and oxygen atoms in total. The summed E-state index contributed by atoms with van der Waals surface area (Å²) in [5.74, 6) is -0.989. The van der Waals surface area contributed by atoms with Gasteiger partial charge >= 0.3 is 0 Å². The lowest BCUT2D eigenvalue weighted by molar-refractivity contribution is 0.0939. The number of rotatable bonds is 8. The van der Waals surface area contributed by atoms with E-state index in [0.29, 0.717) is 13.1 Å². The van der Waals surface area contributed by atoms with Crippen LogP contribution in [0, 0.1) is 5.82 Å². The number of benzene rings is 2. The molecule has 2 aromatic carbocycles. The molecular formula is C20H25FN2O4S. The van der Waals surface area contributed by atoms with Crippen molar-refractivity contribution in [2.24, 2.45) is 0 Å². The molecule has 0 fully saturated rings. The van der Waals surface area contributed by atoms with E-state index in [-0.39, 0.29) is 22.3 Å². The quantitative estimate of drug-likeness (QED) is 0.727. The van der Waals surface area contributed by atoms with E-state index < -0.39 is 21.7 Å². The number of carbonyl (C=O) groups is 1. The fourth-order valence-electron chi connectivity index (χ4n) is 2.81. The zero-order valence-corrected chi connectivity index (χ0v) is 17.2. The molecule has 152 valence electrons. The summed E-state index contributed by atoms with van der Waals surface area (Å²) in [6.45, 7) is 6.13. The van der Waals surface area contributed by atoms with Crippen molar-refractivity contribution in [3.05, 3.63) is 59.4 Å². The van der Waals surface area contributed by atoms with Crippen LogP contribution in [0.5, 0.6) is 5.75 Å². The lowest BCUT2D eigenvalue weighted by Gasteiger charge is -2.19. The van der Waals surface area contributed by atoms with Crippen LogP contribution >= 0.6 is 0 Å². The highest BCUT2D eigenvalue weighted by atomic mass is 32.2. The molecule has 0 radical (unpaired) electrons. The third-order valence-corrected chi connectivity index (χ3v) is 6.55. The zero-order chi connectivity index (χ0) is 20.9. The Morgan fingerprint density at radius 1 is 1.14 bits per heavy atom. The van der Waals surface area contributed by atoms with E-state index in [4.69, 9.17) is 4.74 Å². The number of carbonyl (C=O) groups excluding carboxylic acids is 1. The molecule has 0 saturated heterocycles. The molecular weight excluding hydrogens is 383 g/mol. The fraction of sp³-hybridized carbons (Fsp3) is 0.350. The van der Waals surface area contributed by atoms with Crippen LogP contribution in [0.1, 0.15) is 42.7 Å². The Morgan fingerprint density at radius 3 is 2.25 bits per heavy atom. The second-order valence-electron chi connectivity index (χ2n) is 6.20. The summed E-state index contributed by atoms with van der Waals surface area (Å²) < 4.78 is 45.1. The number of nitrogens with zero attached hydrogens (tertiary/aromatic N) is 1. The Hall–Kier alpha value is -2.45. The minimum atomic E-state index is -3.53. The first-order chi connectivity index (χ1) is 13.2. The van der Waals surface area contributed by atoms with Crippen LogP contribution in [-0.4, -0.2) is 38.8 Å². The Morgan fingerprint density at radius 2 is 1.75 bits per heavy atom. The van der Waals surface area contributed by atoms with Gasteiger partial charge in [-0.3, -0.25) is 4.79 Å². The normalized spacial score (nSPS) is 12.6. The van der Waals surface area contributed by atoms with E-state index in [2.05, 4.69) is 5.32 Å². The van der Waals surface area contributed by atoms with E-state index in [1.165, 1.54) is 35.7 Å². The first kappa shape index (κ1) is 21.8. The molecule has 1 amide bonds. The first-order valence-corrected chi connectivity index (χ1v) is 10.4. The van der Waals surface area contributed by atoms with Gasteiger partial charge in [0, 0.05) is 18.7 Å². The van der Waals surface area contributed by atoms with Gasteiger partial charge in [-0.15, -0.1) is 0 Å². The van der Waals surface area contributed by atoms with Gasteiger partial charge in [-0.05, 0) is 42.8 Å². The Balaban J connectivity index is 2.14. The Bertz CT molecular complexity index is 926. The molecule has 28 heavy (non-hydrogen) atoms. The Kier molecular flexibility index (Phi) is 7.15. The molecule has 0 unspecified atom stereocenters. The van der Waals surface area contributed by atoms with Crippen molar-refractivity contribution in [2.75, 3.05) is 20.2 Å². The maximum absolute atomic E-state index is 13.8. The summed E-state index contributed by atoms with van der Waals surface area (Å²) in [6.07, 6.45) is 0. The fourth-order valence-corrected chi connectivity index (χ4v) is 4.27. The van der Waals surface area contributed by atoms with E-state index in [9.17, 15) is 17.6 Å². The SMILES string of the molecule is CCN(CC)S(=O)(=O)c1ccc([C@@H](C)NC(=O)c2ccc(OC)c(F)c2)cc1. The van der Waals surface area contributed by atoms with Gasteiger partial charge < -0.3 is 10.1 Å². The smallest absolute Gasteiger partial charge is 0.251 e. The van der Waals surface area contributed by atoms with Crippen LogP contribution in [0.15, 0.2) is 47.4 Å². The zero-order valence-electron chi connectivity index (χ0n) is 16.4. The summed E-state index contributed by atoms with van der Waals surface area (Å²) in [6, 6.07) is 9.97. The summed E-state index contributed by atoms with van der Waals surface area (Å²) in [4.78, 5) is 12.6. The van der Waals surface area contributed by atoms with E-state index >= 15 is 0 Å². The third kappa shape index (κ3) is 4.69. The summed E-state index contributed by atoms with van der Waals surface area (Å²) in [5, 5.41) is 2.77. The second-order valence-corrected chi connectivity index (χ2v) is 8.14. The molecule has 1 atom stereocenters. The van der Waals surface area contributed by atoms with Crippen molar-refractivity contribution >= 4 is 15.9 Å². The van der Waals surface area contributed by atoms with Gasteiger partial charge in [0.1, 0.15) is 0 Å². The van der Waals surface area contributed by atoms with Gasteiger partial charge in [-0.25, -0.2) is 12.8 Å². The molecule has 0 saturated carbocycles. The largest absolute Gasteiger partial charge is 0.494 e. The van der Waals surface area contributed by atoms with Crippen LogP contribution in [0.25, 0.3) is 0 Å². The van der Waals surface area contributed by atoms with Crippen LogP contribution in [0.2, 0.25) is 0 Å². The lowest BCUT2D eigenvalue weighted by atomic mass is 10.1. The van der Waals surface area contributed by atoms with Crippen molar-refractivity contribution < 1.29 is 22.3 Å². The van der Waals surface area contributed by atoms with E-state index in [1.807, 2.05) is 0 Å². The molecule has 0 heterocycles. The van der Waals surface area contributed by atoms with Crippen molar-refractivity contribution in [3.63, 3.8) is 0 Å². The highest BCUT2D eigenvalue weighted by Gasteiger charge is 2.22. The number of methoxy groups -OCH3 is 1. The van der Waals surface area contributed by atoms with Crippen molar-refractivity contribution in [1.82, 2.24) is 9.62 Å². The molecule has 8 heteroatoms. The molecule has 0 aliphatic carbocycles. The van der Waals surface area contributed by atoms with Crippen LogP contribution in [-0.2, 0) is 10.0 Å². The summed E-state index contributed by atoms with van der Waals surface area (Å²) >= 11 is 0. The topological polar surface area (TPSA) is 75.7 Å². The molecule has 0 aromatic heterocycles. The maximum atomic E-state index is 13.8. The van der Waals surface area contributed by atoms with Crippen molar-refractivity contribution in [3.8, 4) is 5.75 Å². The van der Waals surface area contributed by atoms with Crippen molar-refractivity contribution in [1.29, 1.82) is 0 Å². The number of ether oxygens (including phenoxy) is 1. The number of halogens is 1. The number of amides is 1. The molecule has 2 rings (SSSR count). The van der Waals surface area contributed by atoms with E-state index in [1.54, 1.807) is 32.9 Å². The van der Waals surface area contributed by atoms with Gasteiger partial charge in [0.15, 0.2) is 11.6 Å². The predicted molar refractivity (Wildman–Crippen MR) is 105 cm³/mol. The second kappa shape index (κ2) is 9.16. The molecule has 0 spiro atoms. The highest BCUT2D eigenvalue weighted by Crippen LogP contribution is 2.21. The standard InChI is InChI=1S/C20H25FN2O4S/c1-5-23(6-2)28(25,26)17-10-7-15(8-11-17)14(3)22-20(24)16-9-12-19(27-4)18(21)13-16/h7-14H,5-6H2,1-4H3,(H,22,24)/t14-/m1/s1. The molecule has 0 bridgehead atoms. The number of hydrogen-bond acceptors (Lipinski definition) is 4. The monoisotopic (exact) mass is 408 g/mol. The average Bonchev–Trinajstić information content (AvgIpc) is 2.68. The van der Waals surface area contributed by atoms with Gasteiger partial charge in [0.25, 0.3) is 5.91 Å². The van der Waals surface area contributed by atoms with E-state index in [0.717, 1.165) is 11.6 Å². The lowest BCUT2D eigenvalue weighted by Crippen LogP contribution is -2.30. The number of nitrogens with one attached hydrogen (secondary N) is 1. The first-order valence-electron chi connectivity index (χ1n) is 8.99. The van der Waals surface area contributed by atoms with Gasteiger partial charge in [0.05, 0.1) is 18.0 Å². The van der Waals surface area contributed by atoms with Crippen LogP contribution < -0.4 is 10.1 Å². The maximum Gasteiger partial charge on any atom is 0.251 e. The molecule has 1 N–H and O–H groups in total. The van der Waals surface area contributed by atoms with Crippen LogP contribution in [0.4, 0.5) is 4.39 Å². The molecule has 0 aliphatic rings. The average molecular weight is 408 g/mol. The minimum Gasteiger partial charge on any atom is -0.494 e. The van der Waals surface area contributed by atoms with Gasteiger partial charge in [-0.1, -0.05) is 26.0 Å². The van der Waals surface area contributed by atoms with Crippen LogP contribution in [0.3, 0.4) is 0 Å². The Labute approximate surface area is 165 Å². The summed E-state index contributed by atoms with van der Waals surface area (Å²) in [7, 11) is -2.18. The van der Waals surface area contributed by atoms with Gasteiger partial charge in [-0.2, -0.15) is 4.31 Å². The van der Waals surface area contributed by atoms with Gasteiger partial charge in [0.2, 0.25) is 10.0 Å². The minimum absolute atomic E-state index is 0.0644. The predicted octanol–water partition coefficient (Wildman–Crippen LogP) is 3.36. The highest BCUT2D eigenvalue weighted by molar-refractivity contribution is 7.89. The summed E-state index contributed by atoms with van der Waals surface area (Å²) in [5.41, 5.74) is 0.909. The number of sulfonamides is 1. The van der Waals surface area contributed by atoms with Crippen molar-refractivity contribution in [2.45, 2.75) is 31.7 Å².